The summed E-state index contributed by atoms with van der Waals surface area (Å²) in [5, 5.41) is 0. The van der Waals surface area contributed by atoms with Crippen molar-refractivity contribution >= 4 is 25.8 Å². The summed E-state index contributed by atoms with van der Waals surface area (Å²) in [7, 11) is 0.573. The Labute approximate surface area is 176 Å². The SMILES string of the molecule is COc1ccc(S(=O)(=O)N(C)C)cc1C(=O)c1cc(S(=O)(=O)N(C)C)ccc1OC. The van der Waals surface area contributed by atoms with Crippen molar-refractivity contribution in [2.45, 2.75) is 9.79 Å². The van der Waals surface area contributed by atoms with Crippen molar-refractivity contribution in [3.05, 3.63) is 47.5 Å². The van der Waals surface area contributed by atoms with Gasteiger partial charge < -0.3 is 9.47 Å². The van der Waals surface area contributed by atoms with Crippen LogP contribution in [0.4, 0.5) is 0 Å². The lowest BCUT2D eigenvalue weighted by Crippen LogP contribution is -2.23. The lowest BCUT2D eigenvalue weighted by atomic mass is 10.0. The predicted octanol–water partition coefficient (Wildman–Crippen LogP) is 1.44. The van der Waals surface area contributed by atoms with Gasteiger partial charge in [0.05, 0.1) is 35.1 Å². The number of ketones is 1. The molecule has 164 valence electrons. The highest BCUT2D eigenvalue weighted by molar-refractivity contribution is 7.89. The van der Waals surface area contributed by atoms with Crippen molar-refractivity contribution in [1.29, 1.82) is 0 Å². The van der Waals surface area contributed by atoms with E-state index in [4.69, 9.17) is 9.47 Å². The molecule has 0 radical (unpaired) electrons. The van der Waals surface area contributed by atoms with Gasteiger partial charge >= 0.3 is 0 Å². The number of methoxy groups -OCH3 is 2. The molecule has 0 amide bonds. The third kappa shape index (κ3) is 4.33. The number of benzene rings is 2. The molecule has 0 aliphatic heterocycles. The Kier molecular flexibility index (Phi) is 6.92. The molecule has 0 fully saturated rings. The maximum atomic E-state index is 13.3. The van der Waals surface area contributed by atoms with Gasteiger partial charge in [-0.15, -0.1) is 0 Å². The van der Waals surface area contributed by atoms with Gasteiger partial charge in [-0.2, -0.15) is 0 Å². The molecule has 2 rings (SSSR count). The van der Waals surface area contributed by atoms with Crippen molar-refractivity contribution < 1.29 is 31.1 Å². The molecule has 0 unspecified atom stereocenters. The minimum absolute atomic E-state index is 0.0434. The predicted molar refractivity (Wildman–Crippen MR) is 111 cm³/mol. The normalized spacial score (nSPS) is 12.3. The summed E-state index contributed by atoms with van der Waals surface area (Å²) in [5.74, 6) is -0.364. The average Bonchev–Trinajstić information content (AvgIpc) is 2.71. The molecule has 0 saturated carbocycles. The van der Waals surface area contributed by atoms with Gasteiger partial charge in [-0.25, -0.2) is 25.4 Å². The fourth-order valence-electron chi connectivity index (χ4n) is 2.62. The largest absolute Gasteiger partial charge is 0.496 e. The third-order valence-electron chi connectivity index (χ3n) is 4.39. The van der Waals surface area contributed by atoms with Gasteiger partial charge in [0.2, 0.25) is 25.8 Å². The highest BCUT2D eigenvalue weighted by Crippen LogP contribution is 2.31. The number of carbonyl (C=O) groups excluding carboxylic acids is 1. The first-order valence-electron chi connectivity index (χ1n) is 8.63. The number of ether oxygens (including phenoxy) is 2. The van der Waals surface area contributed by atoms with Gasteiger partial charge in [-0.3, -0.25) is 4.79 Å². The fourth-order valence-corrected chi connectivity index (χ4v) is 4.47. The molecule has 0 heterocycles. The van der Waals surface area contributed by atoms with Crippen LogP contribution in [-0.2, 0) is 20.0 Å². The summed E-state index contributed by atoms with van der Waals surface area (Å²) >= 11 is 0. The molecular weight excluding hydrogens is 432 g/mol. The standard InChI is InChI=1S/C19H24N2O7S2/c1-20(2)29(23,24)13-7-9-17(27-5)15(11-13)19(22)16-12-14(8-10-18(16)28-6)30(25,26)21(3)4/h7-12H,1-6H3. The molecule has 2 aromatic carbocycles. The number of sulfonamides is 2. The fraction of sp³-hybridized carbons (Fsp3) is 0.316. The van der Waals surface area contributed by atoms with Crippen molar-refractivity contribution in [1.82, 2.24) is 8.61 Å². The molecule has 2 aromatic rings. The smallest absolute Gasteiger partial charge is 0.242 e. The van der Waals surface area contributed by atoms with Gasteiger partial charge in [-0.05, 0) is 36.4 Å². The monoisotopic (exact) mass is 456 g/mol. The van der Waals surface area contributed by atoms with E-state index in [1.54, 1.807) is 0 Å². The van der Waals surface area contributed by atoms with Crippen LogP contribution in [0.3, 0.4) is 0 Å². The highest BCUT2D eigenvalue weighted by atomic mass is 32.2. The zero-order valence-corrected chi connectivity index (χ0v) is 19.2. The van der Waals surface area contributed by atoms with Crippen LogP contribution >= 0.6 is 0 Å². The molecule has 30 heavy (non-hydrogen) atoms. The van der Waals surface area contributed by atoms with Gasteiger partial charge in [0.15, 0.2) is 0 Å². The van der Waals surface area contributed by atoms with E-state index in [0.717, 1.165) is 8.61 Å². The van der Waals surface area contributed by atoms with Crippen LogP contribution in [0.2, 0.25) is 0 Å². The second kappa shape index (κ2) is 8.72. The summed E-state index contributed by atoms with van der Waals surface area (Å²) in [4.78, 5) is 13.1. The second-order valence-electron chi connectivity index (χ2n) is 6.63. The van der Waals surface area contributed by atoms with E-state index >= 15 is 0 Å². The summed E-state index contributed by atoms with van der Waals surface area (Å²) in [6.07, 6.45) is 0. The molecule has 0 N–H and O–H groups in total. The van der Waals surface area contributed by atoms with Gasteiger partial charge in [0.1, 0.15) is 11.5 Å². The molecule has 11 heteroatoms. The van der Waals surface area contributed by atoms with Gasteiger partial charge in [0.25, 0.3) is 0 Å². The zero-order chi connectivity index (χ0) is 22.9. The van der Waals surface area contributed by atoms with Gasteiger partial charge in [-0.1, -0.05) is 0 Å². The number of nitrogens with zero attached hydrogens (tertiary/aromatic N) is 2. The summed E-state index contributed by atoms with van der Waals surface area (Å²) in [6, 6.07) is 7.79. The molecule has 9 nitrogen and oxygen atoms in total. The Morgan fingerprint density at radius 1 is 0.700 bits per heavy atom. The van der Waals surface area contributed by atoms with Crippen molar-refractivity contribution in [2.75, 3.05) is 42.4 Å². The number of hydrogen-bond acceptors (Lipinski definition) is 7. The average molecular weight is 457 g/mol. The van der Waals surface area contributed by atoms with E-state index in [-0.39, 0.29) is 32.4 Å². The minimum Gasteiger partial charge on any atom is -0.496 e. The van der Waals surface area contributed by atoms with Crippen LogP contribution < -0.4 is 9.47 Å². The molecule has 0 aliphatic rings. The lowest BCUT2D eigenvalue weighted by Gasteiger charge is -2.16. The van der Waals surface area contributed by atoms with E-state index in [0.29, 0.717) is 0 Å². The van der Waals surface area contributed by atoms with Crippen molar-refractivity contribution in [2.24, 2.45) is 0 Å². The minimum atomic E-state index is -3.81. The first-order valence-corrected chi connectivity index (χ1v) is 11.5. The Hall–Kier alpha value is -2.47. The van der Waals surface area contributed by atoms with E-state index in [1.807, 2.05) is 0 Å². The Morgan fingerprint density at radius 3 is 1.30 bits per heavy atom. The summed E-state index contributed by atoms with van der Waals surface area (Å²) < 4.78 is 62.5. The van der Waals surface area contributed by atoms with E-state index in [2.05, 4.69) is 0 Å². The molecule has 0 aromatic heterocycles. The Bertz CT molecular complexity index is 1080. The van der Waals surface area contributed by atoms with E-state index in [1.165, 1.54) is 78.8 Å². The maximum Gasteiger partial charge on any atom is 0.242 e. The first kappa shape index (κ1) is 23.8. The van der Waals surface area contributed by atoms with Crippen LogP contribution in [0.15, 0.2) is 46.2 Å². The van der Waals surface area contributed by atoms with E-state index < -0.39 is 25.8 Å². The van der Waals surface area contributed by atoms with Crippen LogP contribution in [-0.4, -0.2) is 73.6 Å². The summed E-state index contributed by atoms with van der Waals surface area (Å²) in [6.45, 7) is 0. The Balaban J connectivity index is 2.73. The van der Waals surface area contributed by atoms with Crippen LogP contribution in [0.25, 0.3) is 0 Å². The third-order valence-corrected chi connectivity index (χ3v) is 8.01. The van der Waals surface area contributed by atoms with Crippen LogP contribution in [0.5, 0.6) is 11.5 Å². The molecule has 0 bridgehead atoms. The molecular formula is C19H24N2O7S2. The zero-order valence-electron chi connectivity index (χ0n) is 17.5. The van der Waals surface area contributed by atoms with Gasteiger partial charge in [0, 0.05) is 28.2 Å². The van der Waals surface area contributed by atoms with Crippen LogP contribution in [0.1, 0.15) is 15.9 Å². The first-order chi connectivity index (χ1) is 13.9. The Morgan fingerprint density at radius 2 is 1.03 bits per heavy atom. The van der Waals surface area contributed by atoms with Crippen molar-refractivity contribution in [3.8, 4) is 11.5 Å². The van der Waals surface area contributed by atoms with Crippen LogP contribution in [0, 0.1) is 0 Å². The molecule has 0 saturated heterocycles. The highest BCUT2D eigenvalue weighted by Gasteiger charge is 2.26. The topological polar surface area (TPSA) is 110 Å². The number of carbonyl (C=O) groups is 1. The number of hydrogen-bond donors (Lipinski definition) is 0. The lowest BCUT2D eigenvalue weighted by molar-refractivity contribution is 0.103. The maximum absolute atomic E-state index is 13.3. The molecule has 0 atom stereocenters. The number of rotatable bonds is 8. The van der Waals surface area contributed by atoms with Crippen molar-refractivity contribution in [3.63, 3.8) is 0 Å². The summed E-state index contributed by atoms with van der Waals surface area (Å²) in [5.41, 5.74) is -0.0868. The van der Waals surface area contributed by atoms with E-state index in [9.17, 15) is 21.6 Å². The molecule has 0 spiro atoms. The second-order valence-corrected chi connectivity index (χ2v) is 10.9. The molecule has 0 aliphatic carbocycles. The quantitative estimate of drug-likeness (QED) is 0.553.